The highest BCUT2D eigenvalue weighted by Gasteiger charge is 2.35. The van der Waals surface area contributed by atoms with Crippen LogP contribution >= 0.6 is 0 Å². The zero-order chi connectivity index (χ0) is 22.9. The molecule has 1 aliphatic rings. The highest BCUT2D eigenvalue weighted by atomic mass is 19.1. The zero-order valence-corrected chi connectivity index (χ0v) is 17.1. The summed E-state index contributed by atoms with van der Waals surface area (Å²) in [5.41, 5.74) is 7.63. The molecule has 0 radical (unpaired) electrons. The average Bonchev–Trinajstić information content (AvgIpc) is 3.29. The van der Waals surface area contributed by atoms with Gasteiger partial charge in [-0.2, -0.15) is 5.26 Å². The van der Waals surface area contributed by atoms with Crippen molar-refractivity contribution in [1.82, 2.24) is 15.0 Å². The van der Waals surface area contributed by atoms with Crippen LogP contribution in [-0.4, -0.2) is 15.0 Å². The van der Waals surface area contributed by atoms with Gasteiger partial charge in [0.05, 0.1) is 12.1 Å². The van der Waals surface area contributed by atoms with Gasteiger partial charge in [-0.15, -0.1) is 5.10 Å². The molecule has 4 aromatic rings. The largest absolute Gasteiger partial charge is 0.459 e. The Kier molecular flexibility index (Phi) is 4.95. The van der Waals surface area contributed by atoms with E-state index in [9.17, 15) is 14.4 Å². The summed E-state index contributed by atoms with van der Waals surface area (Å²) in [7, 11) is 0. The zero-order valence-electron chi connectivity index (χ0n) is 17.1. The third-order valence-electron chi connectivity index (χ3n) is 5.26. The monoisotopic (exact) mass is 441 g/mol. The fourth-order valence-electron chi connectivity index (χ4n) is 3.73. The highest BCUT2D eigenvalue weighted by Crippen LogP contribution is 2.40. The Hall–Kier alpha value is -4.71. The standard InChI is InChI=1S/C24H16FN5O3/c25-16-8-6-15(7-9-16)21-18(11-26)24(27)33-22-20(31)10-17(32-23(21)22)12-30-13-19(28-29-30)14-4-2-1-3-5-14/h1-10,13,21H,12,27H2. The van der Waals surface area contributed by atoms with E-state index in [1.807, 2.05) is 36.4 Å². The number of benzene rings is 2. The lowest BCUT2D eigenvalue weighted by atomic mass is 9.87. The van der Waals surface area contributed by atoms with Crippen molar-refractivity contribution in [1.29, 1.82) is 5.26 Å². The second-order valence-corrected chi connectivity index (χ2v) is 7.41. The van der Waals surface area contributed by atoms with E-state index in [2.05, 4.69) is 10.3 Å². The molecule has 3 heterocycles. The molecule has 162 valence electrons. The van der Waals surface area contributed by atoms with Crippen LogP contribution in [-0.2, 0) is 6.54 Å². The Morgan fingerprint density at radius 2 is 1.91 bits per heavy atom. The Morgan fingerprint density at radius 1 is 1.15 bits per heavy atom. The lowest BCUT2D eigenvalue weighted by molar-refractivity contribution is 0.329. The molecule has 0 saturated heterocycles. The van der Waals surface area contributed by atoms with Gasteiger partial charge in [0.15, 0.2) is 5.76 Å². The molecule has 1 unspecified atom stereocenters. The number of nitrogens with zero attached hydrogens (tertiary/aromatic N) is 4. The predicted molar refractivity (Wildman–Crippen MR) is 115 cm³/mol. The second kappa shape index (κ2) is 8.09. The first-order valence-electron chi connectivity index (χ1n) is 9.99. The molecule has 0 fully saturated rings. The Balaban J connectivity index is 1.55. The van der Waals surface area contributed by atoms with Gasteiger partial charge in [0, 0.05) is 11.6 Å². The maximum atomic E-state index is 13.5. The van der Waals surface area contributed by atoms with Crippen LogP contribution < -0.4 is 15.9 Å². The van der Waals surface area contributed by atoms with Crippen molar-refractivity contribution < 1.29 is 13.5 Å². The number of rotatable bonds is 4. The third-order valence-corrected chi connectivity index (χ3v) is 5.26. The quantitative estimate of drug-likeness (QED) is 0.516. The van der Waals surface area contributed by atoms with Crippen molar-refractivity contribution >= 4 is 0 Å². The number of hydrogen-bond donors (Lipinski definition) is 1. The summed E-state index contributed by atoms with van der Waals surface area (Å²) in [4.78, 5) is 12.8. The normalized spacial score (nSPS) is 15.0. The molecule has 0 saturated carbocycles. The maximum Gasteiger partial charge on any atom is 0.228 e. The van der Waals surface area contributed by atoms with Gasteiger partial charge in [0.25, 0.3) is 0 Å². The Morgan fingerprint density at radius 3 is 2.64 bits per heavy atom. The van der Waals surface area contributed by atoms with E-state index in [1.165, 1.54) is 30.3 Å². The summed E-state index contributed by atoms with van der Waals surface area (Å²) in [6.07, 6.45) is 1.74. The van der Waals surface area contributed by atoms with Crippen molar-refractivity contribution in [3.8, 4) is 23.1 Å². The second-order valence-electron chi connectivity index (χ2n) is 7.41. The van der Waals surface area contributed by atoms with E-state index in [0.29, 0.717) is 11.3 Å². The lowest BCUT2D eigenvalue weighted by Crippen LogP contribution is -2.25. The summed E-state index contributed by atoms with van der Waals surface area (Å²) in [5, 5.41) is 17.9. The minimum absolute atomic E-state index is 0.0709. The summed E-state index contributed by atoms with van der Waals surface area (Å²) in [6.45, 7) is 0.125. The molecular weight excluding hydrogens is 425 g/mol. The SMILES string of the molecule is N#CC1=C(N)Oc2c(oc(Cn3cc(-c4ccccc4)nn3)cc2=O)C1c1ccc(F)cc1. The van der Waals surface area contributed by atoms with Crippen LogP contribution in [0.1, 0.15) is 23.0 Å². The van der Waals surface area contributed by atoms with Gasteiger partial charge in [-0.25, -0.2) is 9.07 Å². The molecule has 5 rings (SSSR count). The number of allylic oxidation sites excluding steroid dienone is 1. The van der Waals surface area contributed by atoms with Gasteiger partial charge in [0.2, 0.25) is 17.1 Å². The highest BCUT2D eigenvalue weighted by molar-refractivity contribution is 5.57. The van der Waals surface area contributed by atoms with Crippen LogP contribution in [0, 0.1) is 17.1 Å². The molecule has 0 bridgehead atoms. The molecule has 2 N–H and O–H groups in total. The first-order chi connectivity index (χ1) is 16.0. The van der Waals surface area contributed by atoms with E-state index >= 15 is 0 Å². The van der Waals surface area contributed by atoms with Crippen LogP contribution in [0.2, 0.25) is 0 Å². The van der Waals surface area contributed by atoms with Crippen molar-refractivity contribution in [3.05, 3.63) is 111 Å². The summed E-state index contributed by atoms with van der Waals surface area (Å²) < 4.78 is 26.5. The fraction of sp³-hybridized carbons (Fsp3) is 0.0833. The molecular formula is C24H16FN5O3. The van der Waals surface area contributed by atoms with Crippen LogP contribution in [0.25, 0.3) is 11.3 Å². The number of fused-ring (bicyclic) bond motifs is 1. The number of aromatic nitrogens is 3. The topological polar surface area (TPSA) is 120 Å². The van der Waals surface area contributed by atoms with E-state index in [1.54, 1.807) is 10.9 Å². The first-order valence-corrected chi connectivity index (χ1v) is 9.99. The van der Waals surface area contributed by atoms with Crippen molar-refractivity contribution in [2.24, 2.45) is 5.73 Å². The minimum atomic E-state index is -0.817. The van der Waals surface area contributed by atoms with Gasteiger partial charge in [0.1, 0.15) is 35.5 Å². The predicted octanol–water partition coefficient (Wildman–Crippen LogP) is 3.30. The minimum Gasteiger partial charge on any atom is -0.459 e. The number of hydrogen-bond acceptors (Lipinski definition) is 7. The van der Waals surface area contributed by atoms with Crippen molar-refractivity contribution in [2.45, 2.75) is 12.5 Å². The molecule has 2 aromatic heterocycles. The molecule has 0 spiro atoms. The fourth-order valence-corrected chi connectivity index (χ4v) is 3.73. The summed E-state index contributed by atoms with van der Waals surface area (Å²) in [5.74, 6) is -1.13. The van der Waals surface area contributed by atoms with Crippen LogP contribution in [0.15, 0.2) is 87.5 Å². The van der Waals surface area contributed by atoms with Crippen molar-refractivity contribution in [3.63, 3.8) is 0 Å². The number of halogens is 1. The van der Waals surface area contributed by atoms with E-state index in [0.717, 1.165) is 5.56 Å². The molecule has 0 aliphatic carbocycles. The summed E-state index contributed by atoms with van der Waals surface area (Å²) >= 11 is 0. The summed E-state index contributed by atoms with van der Waals surface area (Å²) in [6, 6.07) is 18.4. The first kappa shape index (κ1) is 20.2. The van der Waals surface area contributed by atoms with Gasteiger partial charge < -0.3 is 14.9 Å². The third kappa shape index (κ3) is 3.74. The van der Waals surface area contributed by atoms with Gasteiger partial charge in [-0.1, -0.05) is 47.7 Å². The number of nitriles is 1. The molecule has 8 nitrogen and oxygen atoms in total. The van der Waals surface area contributed by atoms with Crippen LogP contribution in [0.4, 0.5) is 4.39 Å². The average molecular weight is 441 g/mol. The number of nitrogens with two attached hydrogens (primary N) is 1. The molecule has 33 heavy (non-hydrogen) atoms. The molecule has 1 aliphatic heterocycles. The smallest absolute Gasteiger partial charge is 0.228 e. The van der Waals surface area contributed by atoms with Crippen LogP contribution in [0.5, 0.6) is 5.75 Å². The Labute approximate surface area is 187 Å². The molecule has 1 atom stereocenters. The molecule has 0 amide bonds. The van der Waals surface area contributed by atoms with Crippen LogP contribution in [0.3, 0.4) is 0 Å². The van der Waals surface area contributed by atoms with Crippen molar-refractivity contribution in [2.75, 3.05) is 0 Å². The van der Waals surface area contributed by atoms with Gasteiger partial charge >= 0.3 is 0 Å². The molecule has 9 heteroatoms. The Bertz CT molecular complexity index is 1470. The molecule has 2 aromatic carbocycles. The number of ether oxygens (including phenoxy) is 1. The van der Waals surface area contributed by atoms with Gasteiger partial charge in [-0.05, 0) is 17.7 Å². The lowest BCUT2D eigenvalue weighted by Gasteiger charge is -2.24. The maximum absolute atomic E-state index is 13.5. The van der Waals surface area contributed by atoms with E-state index in [-0.39, 0.29) is 35.3 Å². The van der Waals surface area contributed by atoms with E-state index in [4.69, 9.17) is 14.9 Å². The van der Waals surface area contributed by atoms with Gasteiger partial charge in [-0.3, -0.25) is 4.79 Å². The van der Waals surface area contributed by atoms with E-state index < -0.39 is 17.2 Å².